The first-order chi connectivity index (χ1) is 13.8. The molecule has 1 atom stereocenters. The second kappa shape index (κ2) is 8.27. The number of hydrogen-bond acceptors (Lipinski definition) is 6. The van der Waals surface area contributed by atoms with Crippen molar-refractivity contribution in [2.24, 2.45) is 0 Å². The molecule has 29 heavy (non-hydrogen) atoms. The fourth-order valence-electron chi connectivity index (χ4n) is 3.22. The van der Waals surface area contributed by atoms with Crippen molar-refractivity contribution < 1.29 is 19.6 Å². The van der Waals surface area contributed by atoms with Crippen LogP contribution >= 0.6 is 12.2 Å². The van der Waals surface area contributed by atoms with Crippen molar-refractivity contribution in [3.63, 3.8) is 0 Å². The number of anilines is 1. The van der Waals surface area contributed by atoms with Crippen molar-refractivity contribution in [1.82, 2.24) is 5.32 Å². The molecule has 2 N–H and O–H groups in total. The zero-order valence-corrected chi connectivity index (χ0v) is 16.6. The molecule has 150 valence electrons. The van der Waals surface area contributed by atoms with Gasteiger partial charge in [0.2, 0.25) is 0 Å². The van der Waals surface area contributed by atoms with Crippen LogP contribution < -0.4 is 10.2 Å². The maximum absolute atomic E-state index is 12.8. The summed E-state index contributed by atoms with van der Waals surface area (Å²) in [7, 11) is 0. The van der Waals surface area contributed by atoms with Crippen LogP contribution in [0.15, 0.2) is 59.8 Å². The van der Waals surface area contributed by atoms with E-state index in [1.54, 1.807) is 18.7 Å². The van der Waals surface area contributed by atoms with Crippen LogP contribution in [0.3, 0.4) is 0 Å². The second-order valence-corrected chi connectivity index (χ2v) is 6.66. The number of hydrogen-bond donors (Lipinski definition) is 2. The van der Waals surface area contributed by atoms with Crippen LogP contribution in [0.5, 0.6) is 5.75 Å². The summed E-state index contributed by atoms with van der Waals surface area (Å²) < 4.78 is 5.23. The highest BCUT2D eigenvalue weighted by atomic mass is 32.1. The maximum atomic E-state index is 12.8. The summed E-state index contributed by atoms with van der Waals surface area (Å²) in [4.78, 5) is 25.0. The van der Waals surface area contributed by atoms with Crippen LogP contribution in [0.1, 0.15) is 25.5 Å². The summed E-state index contributed by atoms with van der Waals surface area (Å²) in [6.07, 6.45) is 0. The molecule has 0 aromatic heterocycles. The number of phenolic OH excluding ortho intramolecular Hbond substituents is 1. The summed E-state index contributed by atoms with van der Waals surface area (Å²) >= 11 is 5.52. The van der Waals surface area contributed by atoms with Gasteiger partial charge in [0.1, 0.15) is 0 Å². The Morgan fingerprint density at radius 1 is 1.31 bits per heavy atom. The van der Waals surface area contributed by atoms with Crippen LogP contribution in [0.2, 0.25) is 0 Å². The standard InChI is InChI=1S/C20H19N3O5S/c1-3-28-19(25)17-12(2)22(14-7-5-4-6-8-14)20(29)21-18(17)13-9-10-16(24)15(11-13)23(26)27/h4-11,18,24H,3H2,1-2H3,(H,21,29). The van der Waals surface area contributed by atoms with Gasteiger partial charge < -0.3 is 15.2 Å². The number of benzene rings is 2. The van der Waals surface area contributed by atoms with Crippen molar-refractivity contribution in [3.8, 4) is 5.75 Å². The van der Waals surface area contributed by atoms with Crippen LogP contribution in [-0.2, 0) is 9.53 Å². The highest BCUT2D eigenvalue weighted by Crippen LogP contribution is 2.37. The number of nitro benzene ring substituents is 1. The molecule has 3 rings (SSSR count). The van der Waals surface area contributed by atoms with E-state index in [9.17, 15) is 20.0 Å². The van der Waals surface area contributed by atoms with Gasteiger partial charge in [0.25, 0.3) is 0 Å². The largest absolute Gasteiger partial charge is 0.502 e. The number of rotatable bonds is 5. The van der Waals surface area contributed by atoms with Crippen molar-refractivity contribution in [2.45, 2.75) is 19.9 Å². The minimum atomic E-state index is -0.763. The molecule has 0 amide bonds. The number of nitro groups is 1. The van der Waals surface area contributed by atoms with Crippen molar-refractivity contribution in [2.75, 3.05) is 11.5 Å². The molecule has 2 aromatic carbocycles. The molecule has 1 aliphatic heterocycles. The molecule has 0 bridgehead atoms. The highest BCUT2D eigenvalue weighted by Gasteiger charge is 2.36. The topological polar surface area (TPSA) is 105 Å². The monoisotopic (exact) mass is 413 g/mol. The van der Waals surface area contributed by atoms with Gasteiger partial charge in [-0.1, -0.05) is 24.3 Å². The quantitative estimate of drug-likeness (QED) is 0.332. The third kappa shape index (κ3) is 3.90. The summed E-state index contributed by atoms with van der Waals surface area (Å²) in [6, 6.07) is 12.5. The molecular weight excluding hydrogens is 394 g/mol. The van der Waals surface area contributed by atoms with Crippen molar-refractivity contribution >= 4 is 34.7 Å². The highest BCUT2D eigenvalue weighted by molar-refractivity contribution is 7.80. The Morgan fingerprint density at radius 2 is 2.00 bits per heavy atom. The molecule has 0 fully saturated rings. The normalized spacial score (nSPS) is 16.4. The van der Waals surface area contributed by atoms with E-state index in [2.05, 4.69) is 5.32 Å². The zero-order valence-electron chi connectivity index (χ0n) is 15.8. The summed E-state index contributed by atoms with van der Waals surface area (Å²) in [5.41, 5.74) is 1.55. The van der Waals surface area contributed by atoms with Gasteiger partial charge >= 0.3 is 11.7 Å². The van der Waals surface area contributed by atoms with Gasteiger partial charge in [-0.05, 0) is 49.8 Å². The molecule has 9 heteroatoms. The van der Waals surface area contributed by atoms with Gasteiger partial charge in [0.15, 0.2) is 10.9 Å². The van der Waals surface area contributed by atoms with E-state index in [0.717, 1.165) is 5.69 Å². The average molecular weight is 413 g/mol. The zero-order chi connectivity index (χ0) is 21.1. The smallest absolute Gasteiger partial charge is 0.338 e. The van der Waals surface area contributed by atoms with E-state index in [0.29, 0.717) is 16.4 Å². The summed E-state index contributed by atoms with van der Waals surface area (Å²) in [6.45, 7) is 3.62. The Hall–Kier alpha value is -3.46. The molecule has 1 unspecified atom stereocenters. The SMILES string of the molecule is CCOC(=O)C1=C(C)N(c2ccccc2)C(=S)NC1c1ccc(O)c([N+](=O)[O-])c1. The fourth-order valence-corrected chi connectivity index (χ4v) is 3.58. The third-order valence-electron chi connectivity index (χ3n) is 4.52. The van der Waals surface area contributed by atoms with E-state index >= 15 is 0 Å². The van der Waals surface area contributed by atoms with Crippen molar-refractivity contribution in [1.29, 1.82) is 0 Å². The number of phenols is 1. The predicted octanol–water partition coefficient (Wildman–Crippen LogP) is 3.57. The average Bonchev–Trinajstić information content (AvgIpc) is 2.68. The Labute approximate surface area is 172 Å². The van der Waals surface area contributed by atoms with Crippen LogP contribution in [0, 0.1) is 10.1 Å². The molecule has 0 radical (unpaired) electrons. The van der Waals surface area contributed by atoms with Gasteiger partial charge in [-0.3, -0.25) is 15.0 Å². The van der Waals surface area contributed by atoms with E-state index in [1.807, 2.05) is 30.3 Å². The number of esters is 1. The molecule has 0 saturated heterocycles. The van der Waals surface area contributed by atoms with Gasteiger partial charge in [-0.2, -0.15) is 0 Å². The molecule has 0 saturated carbocycles. The lowest BCUT2D eigenvalue weighted by Gasteiger charge is -2.37. The predicted molar refractivity (Wildman–Crippen MR) is 111 cm³/mol. The molecular formula is C20H19N3O5S. The molecule has 1 heterocycles. The minimum Gasteiger partial charge on any atom is -0.502 e. The molecule has 1 aliphatic rings. The van der Waals surface area contributed by atoms with Gasteiger partial charge in [-0.25, -0.2) is 4.79 Å². The van der Waals surface area contributed by atoms with Gasteiger partial charge in [0, 0.05) is 17.5 Å². The summed E-state index contributed by atoms with van der Waals surface area (Å²) in [5.74, 6) is -1.01. The number of ether oxygens (including phenoxy) is 1. The number of nitrogens with one attached hydrogen (secondary N) is 1. The number of thiocarbonyl (C=S) groups is 1. The van der Waals surface area contributed by atoms with E-state index in [4.69, 9.17) is 17.0 Å². The number of carbonyl (C=O) groups excluding carboxylic acids is 1. The number of nitrogens with zero attached hydrogens (tertiary/aromatic N) is 2. The molecule has 8 nitrogen and oxygen atoms in total. The molecule has 0 aliphatic carbocycles. The molecule has 2 aromatic rings. The Kier molecular flexibility index (Phi) is 5.79. The fraction of sp³-hybridized carbons (Fsp3) is 0.200. The van der Waals surface area contributed by atoms with E-state index in [-0.39, 0.29) is 12.2 Å². The minimum absolute atomic E-state index is 0.174. The van der Waals surface area contributed by atoms with Crippen LogP contribution in [0.4, 0.5) is 11.4 Å². The first kappa shape index (κ1) is 20.3. The van der Waals surface area contributed by atoms with E-state index < -0.39 is 28.4 Å². The number of para-hydroxylation sites is 1. The van der Waals surface area contributed by atoms with E-state index in [1.165, 1.54) is 18.2 Å². The van der Waals surface area contributed by atoms with Crippen molar-refractivity contribution in [3.05, 3.63) is 75.5 Å². The lowest BCUT2D eigenvalue weighted by atomic mass is 9.94. The van der Waals surface area contributed by atoms with Gasteiger partial charge in [0.05, 0.1) is 23.1 Å². The first-order valence-corrected chi connectivity index (χ1v) is 9.26. The number of allylic oxidation sites excluding steroid dienone is 1. The Morgan fingerprint density at radius 3 is 2.62 bits per heavy atom. The maximum Gasteiger partial charge on any atom is 0.338 e. The number of carbonyl (C=O) groups is 1. The first-order valence-electron chi connectivity index (χ1n) is 8.86. The van der Waals surface area contributed by atoms with Gasteiger partial charge in [-0.15, -0.1) is 0 Å². The lowest BCUT2D eigenvalue weighted by molar-refractivity contribution is -0.385. The Bertz CT molecular complexity index is 1010. The summed E-state index contributed by atoms with van der Waals surface area (Å²) in [5, 5.41) is 24.4. The Balaban J connectivity index is 2.16. The van der Waals surface area contributed by atoms with Crippen LogP contribution in [-0.4, -0.2) is 27.7 Å². The lowest BCUT2D eigenvalue weighted by Crippen LogP contribution is -2.48. The van der Waals surface area contributed by atoms with Crippen LogP contribution in [0.25, 0.3) is 0 Å². The number of aromatic hydroxyl groups is 1. The molecule has 0 spiro atoms. The second-order valence-electron chi connectivity index (χ2n) is 6.28. The third-order valence-corrected chi connectivity index (χ3v) is 4.82.